The molecule has 0 aliphatic carbocycles. The molecular formula is C15H29N5O. The summed E-state index contributed by atoms with van der Waals surface area (Å²) in [7, 11) is 2.04. The summed E-state index contributed by atoms with van der Waals surface area (Å²) in [6.07, 6.45) is 1.13. The number of hydrogen-bond donors (Lipinski definition) is 2. The van der Waals surface area contributed by atoms with Gasteiger partial charge in [0.2, 0.25) is 0 Å². The van der Waals surface area contributed by atoms with Crippen LogP contribution in [0, 0.1) is 6.92 Å². The number of β-amino-alcohol motifs (C(OH)–C–C–N with tert-alkyl or cyclic N) is 1. The van der Waals surface area contributed by atoms with Crippen molar-refractivity contribution >= 4 is 5.82 Å². The molecule has 1 fully saturated rings. The lowest BCUT2D eigenvalue weighted by molar-refractivity contribution is 0.204. The molecule has 1 aromatic heterocycles. The van der Waals surface area contributed by atoms with E-state index in [1.807, 2.05) is 11.7 Å². The van der Waals surface area contributed by atoms with E-state index in [2.05, 4.69) is 34.1 Å². The smallest absolute Gasteiger partial charge is 0.131 e. The van der Waals surface area contributed by atoms with Gasteiger partial charge in [-0.1, -0.05) is 6.92 Å². The first-order valence-electron chi connectivity index (χ1n) is 7.98. The van der Waals surface area contributed by atoms with Crippen molar-refractivity contribution in [1.29, 1.82) is 0 Å². The minimum absolute atomic E-state index is 0.247. The van der Waals surface area contributed by atoms with Crippen molar-refractivity contribution in [2.45, 2.75) is 26.8 Å². The molecule has 21 heavy (non-hydrogen) atoms. The van der Waals surface area contributed by atoms with Crippen molar-refractivity contribution < 1.29 is 5.11 Å². The standard InChI is InChI=1S/C15H29N5O/c1-4-16-12-14-13(2)17-18(3)15(14)20-7-5-6-19(8-9-20)10-11-21/h16,21H,4-12H2,1-3H3. The van der Waals surface area contributed by atoms with Gasteiger partial charge in [-0.15, -0.1) is 0 Å². The molecule has 0 atom stereocenters. The fourth-order valence-corrected chi connectivity index (χ4v) is 3.09. The lowest BCUT2D eigenvalue weighted by Gasteiger charge is -2.25. The van der Waals surface area contributed by atoms with Crippen LogP contribution < -0.4 is 10.2 Å². The Morgan fingerprint density at radius 1 is 1.24 bits per heavy atom. The van der Waals surface area contributed by atoms with Gasteiger partial charge in [0.15, 0.2) is 0 Å². The van der Waals surface area contributed by atoms with Crippen LogP contribution in [-0.4, -0.2) is 65.7 Å². The zero-order valence-corrected chi connectivity index (χ0v) is 13.6. The van der Waals surface area contributed by atoms with E-state index in [-0.39, 0.29) is 6.61 Å². The molecule has 0 bridgehead atoms. The van der Waals surface area contributed by atoms with Crippen molar-refractivity contribution in [2.75, 3.05) is 50.8 Å². The molecule has 1 aliphatic heterocycles. The number of aryl methyl sites for hydroxylation is 2. The van der Waals surface area contributed by atoms with Crippen LogP contribution in [0.4, 0.5) is 5.82 Å². The summed E-state index contributed by atoms with van der Waals surface area (Å²) < 4.78 is 2.02. The summed E-state index contributed by atoms with van der Waals surface area (Å²) in [6.45, 7) is 11.2. The first kappa shape index (κ1) is 16.3. The molecule has 0 spiro atoms. The number of rotatable bonds is 6. The van der Waals surface area contributed by atoms with Gasteiger partial charge in [0.25, 0.3) is 0 Å². The Kier molecular flexibility index (Phi) is 6.02. The van der Waals surface area contributed by atoms with Crippen LogP contribution in [-0.2, 0) is 13.6 Å². The second-order valence-electron chi connectivity index (χ2n) is 5.70. The Labute approximate surface area is 127 Å². The predicted octanol–water partition coefficient (Wildman–Crippen LogP) is 0.342. The highest BCUT2D eigenvalue weighted by atomic mass is 16.3. The summed E-state index contributed by atoms with van der Waals surface area (Å²) in [5, 5.41) is 17.1. The topological polar surface area (TPSA) is 56.6 Å². The van der Waals surface area contributed by atoms with Gasteiger partial charge in [-0.25, -0.2) is 0 Å². The van der Waals surface area contributed by atoms with Gasteiger partial charge in [0.05, 0.1) is 12.3 Å². The minimum Gasteiger partial charge on any atom is -0.395 e. The molecule has 0 amide bonds. The van der Waals surface area contributed by atoms with E-state index in [1.54, 1.807) is 0 Å². The lowest BCUT2D eigenvalue weighted by atomic mass is 10.2. The molecule has 1 aromatic rings. The Balaban J connectivity index is 2.13. The molecule has 0 unspecified atom stereocenters. The Bertz CT molecular complexity index is 446. The van der Waals surface area contributed by atoms with Crippen LogP contribution in [0.25, 0.3) is 0 Å². The number of aromatic nitrogens is 2. The van der Waals surface area contributed by atoms with E-state index in [0.717, 1.165) is 57.9 Å². The van der Waals surface area contributed by atoms with E-state index < -0.39 is 0 Å². The highest BCUT2D eigenvalue weighted by Gasteiger charge is 2.21. The molecular weight excluding hydrogens is 266 g/mol. The number of aliphatic hydroxyl groups excluding tert-OH is 1. The molecule has 2 heterocycles. The maximum Gasteiger partial charge on any atom is 0.131 e. The molecule has 120 valence electrons. The third-order valence-corrected chi connectivity index (χ3v) is 4.17. The molecule has 0 aromatic carbocycles. The first-order chi connectivity index (χ1) is 10.2. The van der Waals surface area contributed by atoms with Gasteiger partial charge in [0, 0.05) is 45.3 Å². The van der Waals surface area contributed by atoms with E-state index in [4.69, 9.17) is 5.11 Å². The van der Waals surface area contributed by atoms with Crippen LogP contribution >= 0.6 is 0 Å². The SMILES string of the molecule is CCNCc1c(C)nn(C)c1N1CCCN(CCO)CC1. The van der Waals surface area contributed by atoms with Crippen molar-refractivity contribution in [1.82, 2.24) is 20.0 Å². The van der Waals surface area contributed by atoms with Gasteiger partial charge in [-0.2, -0.15) is 5.10 Å². The number of anilines is 1. The number of nitrogens with one attached hydrogen (secondary N) is 1. The predicted molar refractivity (Wildman–Crippen MR) is 85.7 cm³/mol. The number of nitrogens with zero attached hydrogens (tertiary/aromatic N) is 4. The van der Waals surface area contributed by atoms with E-state index in [1.165, 1.54) is 11.4 Å². The maximum absolute atomic E-state index is 9.10. The van der Waals surface area contributed by atoms with Gasteiger partial charge in [-0.05, 0) is 26.4 Å². The van der Waals surface area contributed by atoms with Crippen molar-refractivity contribution in [3.63, 3.8) is 0 Å². The maximum atomic E-state index is 9.10. The summed E-state index contributed by atoms with van der Waals surface area (Å²) in [5.74, 6) is 1.25. The fourth-order valence-electron chi connectivity index (χ4n) is 3.09. The molecule has 0 radical (unpaired) electrons. The van der Waals surface area contributed by atoms with Crippen molar-refractivity contribution in [3.8, 4) is 0 Å². The molecule has 2 rings (SSSR count). The zero-order valence-electron chi connectivity index (χ0n) is 13.6. The van der Waals surface area contributed by atoms with Gasteiger partial charge >= 0.3 is 0 Å². The van der Waals surface area contributed by atoms with Crippen molar-refractivity contribution in [3.05, 3.63) is 11.3 Å². The average Bonchev–Trinajstić information content (AvgIpc) is 2.64. The largest absolute Gasteiger partial charge is 0.395 e. The van der Waals surface area contributed by atoms with Crippen LogP contribution in [0.1, 0.15) is 24.6 Å². The van der Waals surface area contributed by atoms with E-state index in [0.29, 0.717) is 0 Å². The van der Waals surface area contributed by atoms with Gasteiger partial charge < -0.3 is 15.3 Å². The van der Waals surface area contributed by atoms with Crippen LogP contribution in [0.5, 0.6) is 0 Å². The lowest BCUT2D eigenvalue weighted by Crippen LogP contribution is -2.33. The van der Waals surface area contributed by atoms with Crippen molar-refractivity contribution in [2.24, 2.45) is 7.05 Å². The number of hydrogen-bond acceptors (Lipinski definition) is 5. The summed E-state index contributed by atoms with van der Waals surface area (Å²) in [6, 6.07) is 0. The van der Waals surface area contributed by atoms with Gasteiger partial charge in [0.1, 0.15) is 5.82 Å². The average molecular weight is 295 g/mol. The zero-order chi connectivity index (χ0) is 15.2. The number of aliphatic hydroxyl groups is 1. The van der Waals surface area contributed by atoms with Crippen LogP contribution in [0.3, 0.4) is 0 Å². The minimum atomic E-state index is 0.247. The highest BCUT2D eigenvalue weighted by Crippen LogP contribution is 2.24. The third-order valence-electron chi connectivity index (χ3n) is 4.17. The summed E-state index contributed by atoms with van der Waals surface area (Å²) in [4.78, 5) is 4.79. The Morgan fingerprint density at radius 2 is 2.05 bits per heavy atom. The summed E-state index contributed by atoms with van der Waals surface area (Å²) in [5.41, 5.74) is 2.43. The quantitative estimate of drug-likeness (QED) is 0.793. The first-order valence-corrected chi connectivity index (χ1v) is 7.98. The van der Waals surface area contributed by atoms with E-state index >= 15 is 0 Å². The summed E-state index contributed by atoms with van der Waals surface area (Å²) >= 11 is 0. The second kappa shape index (κ2) is 7.77. The molecule has 1 aliphatic rings. The second-order valence-corrected chi connectivity index (χ2v) is 5.70. The van der Waals surface area contributed by atoms with Gasteiger partial charge in [-0.3, -0.25) is 9.58 Å². The highest BCUT2D eigenvalue weighted by molar-refractivity contribution is 5.50. The Hall–Kier alpha value is -1.11. The molecule has 6 nitrogen and oxygen atoms in total. The molecule has 2 N–H and O–H groups in total. The van der Waals surface area contributed by atoms with Crippen LogP contribution in [0.15, 0.2) is 0 Å². The molecule has 6 heteroatoms. The van der Waals surface area contributed by atoms with E-state index in [9.17, 15) is 0 Å². The molecule has 1 saturated heterocycles. The Morgan fingerprint density at radius 3 is 2.76 bits per heavy atom. The van der Waals surface area contributed by atoms with Crippen LogP contribution in [0.2, 0.25) is 0 Å². The third kappa shape index (κ3) is 3.96. The monoisotopic (exact) mass is 295 g/mol. The molecule has 0 saturated carbocycles. The fraction of sp³-hybridized carbons (Fsp3) is 0.800. The normalized spacial score (nSPS) is 17.2.